The summed E-state index contributed by atoms with van der Waals surface area (Å²) in [6, 6.07) is 22.8. The summed E-state index contributed by atoms with van der Waals surface area (Å²) in [4.78, 5) is 96.3. The van der Waals surface area contributed by atoms with E-state index in [-0.39, 0.29) is 65.1 Å². The Balaban J connectivity index is 0.0000143. The molecule has 0 aliphatic carbocycles. The van der Waals surface area contributed by atoms with Gasteiger partial charge in [0, 0.05) is 42.9 Å². The molecule has 0 radical (unpaired) electrons. The summed E-state index contributed by atoms with van der Waals surface area (Å²) in [6.07, 6.45) is -19.4. The lowest BCUT2D eigenvalue weighted by atomic mass is 9.77. The van der Waals surface area contributed by atoms with Gasteiger partial charge in [-0.05, 0) is 62.2 Å². The van der Waals surface area contributed by atoms with Gasteiger partial charge in [0.15, 0.2) is 18.7 Å². The predicted molar refractivity (Wildman–Crippen MR) is 366 cm³/mol. The number of halogens is 1. The van der Waals surface area contributed by atoms with Crippen LogP contribution in [0.4, 0.5) is 9.59 Å². The number of nitrogens with zero attached hydrogens (tertiary/aromatic N) is 4. The van der Waals surface area contributed by atoms with E-state index < -0.39 is 158 Å². The van der Waals surface area contributed by atoms with Crippen molar-refractivity contribution in [1.82, 2.24) is 46.1 Å². The Morgan fingerprint density at radius 2 is 1.30 bits per heavy atom. The molecule has 5 heterocycles. The molecule has 552 valence electrons. The minimum Gasteiger partial charge on any atom is -1.00 e. The van der Waals surface area contributed by atoms with Crippen molar-refractivity contribution in [2.75, 3.05) is 44.6 Å². The summed E-state index contributed by atoms with van der Waals surface area (Å²) in [5.41, 5.74) is 5.53. The third kappa shape index (κ3) is 20.5. The largest absolute Gasteiger partial charge is 1.00 e. The van der Waals surface area contributed by atoms with E-state index in [1.807, 2.05) is 91.0 Å². The van der Waals surface area contributed by atoms with Crippen LogP contribution in [-0.2, 0) is 65.7 Å². The number of aliphatic hydroxyl groups excluding tert-OH is 8. The first kappa shape index (κ1) is 81.4. The summed E-state index contributed by atoms with van der Waals surface area (Å²) < 4.78 is 37.2. The van der Waals surface area contributed by atoms with Crippen molar-refractivity contribution in [3.63, 3.8) is 0 Å². The highest BCUT2D eigenvalue weighted by Crippen LogP contribution is 2.42. The minimum atomic E-state index is -2.16. The molecular weight excluding hydrogens is 1490 g/mol. The van der Waals surface area contributed by atoms with Gasteiger partial charge < -0.3 is 130 Å². The number of imidazole rings is 1. The van der Waals surface area contributed by atoms with Crippen LogP contribution in [-0.4, -0.2) is 238 Å². The van der Waals surface area contributed by atoms with Crippen molar-refractivity contribution in [1.29, 1.82) is 0 Å². The van der Waals surface area contributed by atoms with Gasteiger partial charge in [-0.2, -0.15) is 0 Å². The molecule has 0 bridgehead atoms. The normalized spacial score (nSPS) is 22.9. The molecule has 2 aliphatic rings. The van der Waals surface area contributed by atoms with Crippen LogP contribution in [0.25, 0.3) is 10.7 Å². The van der Waals surface area contributed by atoms with E-state index in [4.69, 9.17) is 39.1 Å². The fraction of sp³-hybridized carbons (Fsp3) is 0.507. The number of benzene rings is 3. The first-order valence-corrected chi connectivity index (χ1v) is 36.2. The van der Waals surface area contributed by atoms with Gasteiger partial charge in [-0.1, -0.05) is 97.9 Å². The average molecular weight is 1580 g/mol. The van der Waals surface area contributed by atoms with Gasteiger partial charge in [-0.3, -0.25) is 19.2 Å². The van der Waals surface area contributed by atoms with Crippen LogP contribution >= 0.6 is 22.7 Å². The number of rotatable bonds is 31. The summed E-state index contributed by atoms with van der Waals surface area (Å²) in [6.45, 7) is 7.18. The van der Waals surface area contributed by atoms with Gasteiger partial charge in [0.1, 0.15) is 94.2 Å². The number of aliphatic hydroxyl groups is 8. The Hall–Kier alpha value is -6.85. The van der Waals surface area contributed by atoms with Gasteiger partial charge in [-0.15, -0.1) is 22.7 Å². The van der Waals surface area contributed by atoms with E-state index in [0.717, 1.165) is 12.2 Å². The quantitative estimate of drug-likeness (QED) is 0.00943. The number of thiazole rings is 2. The molecular formula is C67H89IN10O20S3. The van der Waals surface area contributed by atoms with E-state index in [1.165, 1.54) is 56.0 Å². The maximum Gasteiger partial charge on any atom is 0.408 e. The third-order valence-electron chi connectivity index (χ3n) is 16.6. The standard InChI is InChI=1S/C67H88N10O20S3.HI/c1-35(57(86)75-47(37(3)80)59(88)70-27-25-46-73-43(33-98-46)61-74-42(32-99-61)58(87)69-26-18-28-100(7)8)49(81)36(2)72-60(89)48(76-65(91)97-66(4,5)6)54(41-29-77(34-71-41)67(38-19-12-9-13-20-38,39-21-14-10-15-22-39)40-23-16-11-17-24-40)94-63-56(52(84)50(82)44(30-78)93-63)95-62-53(85)55(96-64(68)90)51(83)45(31-79)92-62;/h9-17,19-24,29,32-37,44-45,47-56,62-63,78-85H,18,25-28,30-31H2,1-8H3,(H6-,68,69,70,72,75,76,86,87,88,89,90,91);1H/t35-,36+,37+,44-,45+,47-,48-,49-,50+,51+,52-,53-,54-,55-,56-,62+,63-;/m0./s1. The lowest BCUT2D eigenvalue weighted by Gasteiger charge is -2.47. The molecule has 2 fully saturated rings. The van der Waals surface area contributed by atoms with Gasteiger partial charge in [-0.25, -0.2) is 24.5 Å². The second kappa shape index (κ2) is 37.0. The fourth-order valence-electron chi connectivity index (χ4n) is 11.5. The number of primary amides is 1. The first-order chi connectivity index (χ1) is 47.6. The zero-order valence-electron chi connectivity index (χ0n) is 56.7. The number of amides is 6. The number of alkyl carbamates (subject to hydrolysis) is 1. The van der Waals surface area contributed by atoms with E-state index >= 15 is 4.79 Å². The molecule has 34 heteroatoms. The summed E-state index contributed by atoms with van der Waals surface area (Å²) in [5, 5.41) is 107. The van der Waals surface area contributed by atoms with Crippen LogP contribution in [0.1, 0.15) is 91.9 Å². The number of hydrogen-bond donors (Lipinski definition) is 14. The molecule has 2 aliphatic heterocycles. The van der Waals surface area contributed by atoms with Crippen molar-refractivity contribution in [2.45, 2.75) is 163 Å². The van der Waals surface area contributed by atoms with Crippen LogP contribution < -0.4 is 56.3 Å². The highest BCUT2D eigenvalue weighted by Gasteiger charge is 2.54. The van der Waals surface area contributed by atoms with Crippen LogP contribution in [0.2, 0.25) is 0 Å². The maximum atomic E-state index is 15.5. The molecule has 30 nitrogen and oxygen atoms in total. The summed E-state index contributed by atoms with van der Waals surface area (Å²) >= 11 is 2.57. The molecule has 0 unspecified atom stereocenters. The zero-order chi connectivity index (χ0) is 72.8. The second-order valence-corrected chi connectivity index (χ2v) is 29.6. The molecule has 3 aromatic heterocycles. The summed E-state index contributed by atoms with van der Waals surface area (Å²) in [5.74, 6) is -3.58. The van der Waals surface area contributed by atoms with Crippen LogP contribution in [0.15, 0.2) is 114 Å². The predicted octanol–water partition coefficient (Wildman–Crippen LogP) is -2.29. The monoisotopic (exact) mass is 1580 g/mol. The Kier molecular flexibility index (Phi) is 29.9. The summed E-state index contributed by atoms with van der Waals surface area (Å²) in [7, 11) is 0.265. The topological polar surface area (TPSA) is 449 Å². The van der Waals surface area contributed by atoms with E-state index in [0.29, 0.717) is 38.9 Å². The number of carbonyl (C=O) groups is 6. The molecule has 6 amide bonds. The van der Waals surface area contributed by atoms with Gasteiger partial charge >= 0.3 is 12.2 Å². The van der Waals surface area contributed by atoms with Crippen molar-refractivity contribution in [2.24, 2.45) is 11.7 Å². The van der Waals surface area contributed by atoms with E-state index in [1.54, 1.807) is 36.1 Å². The molecule has 0 saturated carbocycles. The molecule has 0 spiro atoms. The third-order valence-corrected chi connectivity index (χ3v) is 19.5. The van der Waals surface area contributed by atoms with Gasteiger partial charge in [0.25, 0.3) is 5.91 Å². The molecule has 6 aromatic rings. The Morgan fingerprint density at radius 3 is 1.86 bits per heavy atom. The number of hydrogen-bond acceptors (Lipinski definition) is 25. The van der Waals surface area contributed by atoms with Gasteiger partial charge in [0.05, 0.1) is 66.9 Å². The number of nitrogens with two attached hydrogens (primary N) is 1. The molecule has 2 saturated heterocycles. The molecule has 15 N–H and O–H groups in total. The molecule has 101 heavy (non-hydrogen) atoms. The number of nitrogens with one attached hydrogen (secondary N) is 5. The average Bonchev–Trinajstić information content (AvgIpc) is 1.71. The number of carbonyl (C=O) groups excluding carboxylic acids is 6. The lowest BCUT2D eigenvalue weighted by Crippen LogP contribution is -3.00. The van der Waals surface area contributed by atoms with Crippen LogP contribution in [0.5, 0.6) is 0 Å². The van der Waals surface area contributed by atoms with Crippen molar-refractivity contribution in [3.05, 3.63) is 147 Å². The highest BCUT2D eigenvalue weighted by atomic mass is 127. The maximum absolute atomic E-state index is 15.5. The Morgan fingerprint density at radius 1 is 0.703 bits per heavy atom. The number of aromatic nitrogens is 4. The smallest absolute Gasteiger partial charge is 0.408 e. The van der Waals surface area contributed by atoms with Crippen LogP contribution in [0, 0.1) is 5.92 Å². The first-order valence-electron chi connectivity index (χ1n) is 32.3. The lowest BCUT2D eigenvalue weighted by molar-refractivity contribution is -0.372. The Bertz CT molecular complexity index is 3550. The van der Waals surface area contributed by atoms with Crippen molar-refractivity contribution >= 4 is 69.4 Å². The number of ether oxygens (including phenoxy) is 6. The molecule has 8 rings (SSSR count). The van der Waals surface area contributed by atoms with Crippen LogP contribution in [0.3, 0.4) is 0 Å². The van der Waals surface area contributed by atoms with E-state index in [2.05, 4.69) is 49.1 Å². The SMILES string of the molecule is C[C@H](C(=O)N[C@H](C(=O)NCCc1nc(-c2nc(C(=O)NCCC[S+](C)C)cs2)cs1)[C@@H](C)O)[C@H](O)[C@@H](C)NC(=O)[C@@H](NC(=O)OC(C)(C)C)[C@@H](O[C@@H]1O[C@@H](CO)[C@@H](O)[C@H](O)[C@@H]1O[C@H]1O[C@H](CO)[C@@H](O)[C@H](OC(N)=O)[C@@H]1O)c1cn(C(c2ccccc2)(c2ccccc2)c2ccccc2)cn1.[I-]. The highest BCUT2D eigenvalue weighted by molar-refractivity contribution is 7.95. The van der Waals surface area contributed by atoms with Crippen molar-refractivity contribution < 1.29 is 122 Å². The molecule has 3 aromatic carbocycles. The van der Waals surface area contributed by atoms with E-state index in [9.17, 15) is 64.8 Å². The second-order valence-electron chi connectivity index (χ2n) is 25.4. The van der Waals surface area contributed by atoms with Crippen molar-refractivity contribution in [3.8, 4) is 10.7 Å². The fourth-order valence-corrected chi connectivity index (χ4v) is 13.8. The zero-order valence-corrected chi connectivity index (χ0v) is 61.3. The van der Waals surface area contributed by atoms with Gasteiger partial charge in [0.2, 0.25) is 17.7 Å². The minimum absolute atomic E-state index is 0. The Labute approximate surface area is 611 Å². The molecule has 17 atom stereocenters.